The van der Waals surface area contributed by atoms with E-state index in [0.29, 0.717) is 0 Å². The Kier molecular flexibility index (Phi) is 3.84. The number of carbonyl (C=O) groups excluding carboxylic acids is 1. The first-order valence-electron chi connectivity index (χ1n) is 4.18. The molecule has 0 heterocycles. The van der Waals surface area contributed by atoms with Gasteiger partial charge in [0, 0.05) is 5.87 Å². The summed E-state index contributed by atoms with van der Waals surface area (Å²) in [5.41, 5.74) is 0.402. The first-order chi connectivity index (χ1) is 7.27. The summed E-state index contributed by atoms with van der Waals surface area (Å²) in [5.74, 6) is 0.896. The van der Waals surface area contributed by atoms with E-state index in [1.807, 2.05) is 18.2 Å². The van der Waals surface area contributed by atoms with Crippen molar-refractivity contribution in [3.05, 3.63) is 41.5 Å². The lowest BCUT2D eigenvalue weighted by Gasteiger charge is -2.01. The van der Waals surface area contributed by atoms with E-state index in [-0.39, 0.29) is 6.61 Å². The standard InChI is InChI=1S/C11H8N2O2/c12-6-10(7-13)11(14)15-8-9-4-2-1-3-5-9/h1-5,12H,8H2. The van der Waals surface area contributed by atoms with Crippen molar-refractivity contribution >= 4 is 11.8 Å². The van der Waals surface area contributed by atoms with Gasteiger partial charge < -0.3 is 4.74 Å². The number of esters is 1. The SMILES string of the molecule is N#CC(=C=N)C(=O)OCc1ccccc1. The average Bonchev–Trinajstić information content (AvgIpc) is 2.29. The Balaban J connectivity index is 2.56. The lowest BCUT2D eigenvalue weighted by molar-refractivity contribution is -0.139. The topological polar surface area (TPSA) is 73.9 Å². The van der Waals surface area contributed by atoms with Gasteiger partial charge in [-0.3, -0.25) is 5.41 Å². The largest absolute Gasteiger partial charge is 0.456 e. The van der Waals surface area contributed by atoms with Gasteiger partial charge in [-0.1, -0.05) is 30.3 Å². The molecule has 0 saturated heterocycles. The highest BCUT2D eigenvalue weighted by atomic mass is 16.5. The van der Waals surface area contributed by atoms with Gasteiger partial charge in [0.15, 0.2) is 5.57 Å². The summed E-state index contributed by atoms with van der Waals surface area (Å²) in [6, 6.07) is 10.6. The second-order valence-corrected chi connectivity index (χ2v) is 2.67. The Morgan fingerprint density at radius 3 is 2.60 bits per heavy atom. The van der Waals surface area contributed by atoms with Crippen LogP contribution >= 0.6 is 0 Å². The zero-order valence-electron chi connectivity index (χ0n) is 7.86. The van der Waals surface area contributed by atoms with Gasteiger partial charge in [-0.2, -0.15) is 5.26 Å². The monoisotopic (exact) mass is 200 g/mol. The van der Waals surface area contributed by atoms with E-state index in [0.717, 1.165) is 5.56 Å². The van der Waals surface area contributed by atoms with E-state index in [4.69, 9.17) is 15.4 Å². The fraction of sp³-hybridized carbons (Fsp3) is 0.0909. The smallest absolute Gasteiger partial charge is 0.358 e. The molecule has 1 rings (SSSR count). The van der Waals surface area contributed by atoms with Crippen LogP contribution in [0, 0.1) is 16.7 Å². The van der Waals surface area contributed by atoms with Gasteiger partial charge in [0.05, 0.1) is 0 Å². The van der Waals surface area contributed by atoms with Crippen molar-refractivity contribution in [1.82, 2.24) is 0 Å². The van der Waals surface area contributed by atoms with Crippen LogP contribution in [0.15, 0.2) is 35.9 Å². The fourth-order valence-electron chi connectivity index (χ4n) is 0.920. The van der Waals surface area contributed by atoms with Crippen LogP contribution in [0.5, 0.6) is 0 Å². The molecule has 0 radical (unpaired) electrons. The minimum Gasteiger partial charge on any atom is -0.456 e. The molecular weight excluding hydrogens is 192 g/mol. The second-order valence-electron chi connectivity index (χ2n) is 2.67. The lowest BCUT2D eigenvalue weighted by Crippen LogP contribution is -2.07. The molecule has 0 saturated carbocycles. The molecule has 0 aliphatic heterocycles. The predicted molar refractivity (Wildman–Crippen MR) is 53.1 cm³/mol. The predicted octanol–water partition coefficient (Wildman–Crippen LogP) is 1.43. The molecule has 0 aromatic heterocycles. The first-order valence-corrected chi connectivity index (χ1v) is 4.18. The van der Waals surface area contributed by atoms with Crippen molar-refractivity contribution in [3.8, 4) is 6.07 Å². The summed E-state index contributed by atoms with van der Waals surface area (Å²) < 4.78 is 4.79. The van der Waals surface area contributed by atoms with E-state index in [1.54, 1.807) is 18.0 Å². The van der Waals surface area contributed by atoms with Crippen LogP contribution in [0.3, 0.4) is 0 Å². The normalized spacial score (nSPS) is 8.47. The molecule has 1 aromatic rings. The Hall–Kier alpha value is -2.37. The van der Waals surface area contributed by atoms with Gasteiger partial charge in [-0.25, -0.2) is 4.79 Å². The van der Waals surface area contributed by atoms with Crippen molar-refractivity contribution in [1.29, 1.82) is 10.7 Å². The zero-order valence-corrected chi connectivity index (χ0v) is 7.86. The number of nitriles is 1. The Morgan fingerprint density at radius 2 is 2.07 bits per heavy atom. The molecule has 0 atom stereocenters. The van der Waals surface area contributed by atoms with Gasteiger partial charge in [0.2, 0.25) is 0 Å². The number of benzene rings is 1. The quantitative estimate of drug-likeness (QED) is 0.347. The number of carbonyl (C=O) groups is 1. The minimum absolute atomic E-state index is 0.0898. The molecule has 0 aliphatic rings. The van der Waals surface area contributed by atoms with Crippen LogP contribution in [0.4, 0.5) is 0 Å². The van der Waals surface area contributed by atoms with Crippen LogP contribution < -0.4 is 0 Å². The van der Waals surface area contributed by atoms with Gasteiger partial charge in [0.1, 0.15) is 12.7 Å². The van der Waals surface area contributed by atoms with Crippen molar-refractivity contribution < 1.29 is 9.53 Å². The molecule has 0 fully saturated rings. The van der Waals surface area contributed by atoms with Gasteiger partial charge in [0.25, 0.3) is 0 Å². The number of rotatable bonds is 3. The summed E-state index contributed by atoms with van der Waals surface area (Å²) in [7, 11) is 0. The van der Waals surface area contributed by atoms with Gasteiger partial charge >= 0.3 is 5.97 Å². The van der Waals surface area contributed by atoms with Crippen molar-refractivity contribution in [2.75, 3.05) is 0 Å². The Bertz CT molecular complexity index is 439. The summed E-state index contributed by atoms with van der Waals surface area (Å²) in [5, 5.41) is 15.1. The molecule has 1 N–H and O–H groups in total. The molecule has 0 aliphatic carbocycles. The summed E-state index contributed by atoms with van der Waals surface area (Å²) in [6.45, 7) is 0.0898. The van der Waals surface area contributed by atoms with E-state index < -0.39 is 11.5 Å². The third-order valence-electron chi connectivity index (χ3n) is 1.65. The number of nitrogens with one attached hydrogen (secondary N) is 1. The molecule has 15 heavy (non-hydrogen) atoms. The van der Waals surface area contributed by atoms with Crippen molar-refractivity contribution in [2.24, 2.45) is 0 Å². The van der Waals surface area contributed by atoms with Crippen LogP contribution in [-0.4, -0.2) is 11.8 Å². The highest BCUT2D eigenvalue weighted by Crippen LogP contribution is 2.02. The van der Waals surface area contributed by atoms with Crippen molar-refractivity contribution in [3.63, 3.8) is 0 Å². The summed E-state index contributed by atoms with van der Waals surface area (Å²) >= 11 is 0. The highest BCUT2D eigenvalue weighted by molar-refractivity contribution is 6.01. The van der Waals surface area contributed by atoms with E-state index in [9.17, 15) is 4.79 Å². The van der Waals surface area contributed by atoms with Crippen molar-refractivity contribution in [2.45, 2.75) is 6.61 Å². The molecule has 0 unspecified atom stereocenters. The third-order valence-corrected chi connectivity index (χ3v) is 1.65. The number of hydrogen-bond donors (Lipinski definition) is 1. The third kappa shape index (κ3) is 3.11. The molecule has 1 aromatic carbocycles. The minimum atomic E-state index is -0.823. The van der Waals surface area contributed by atoms with E-state index >= 15 is 0 Å². The molecular formula is C11H8N2O2. The molecule has 4 nitrogen and oxygen atoms in total. The van der Waals surface area contributed by atoms with E-state index in [1.165, 1.54) is 6.07 Å². The molecule has 0 bridgehead atoms. The fourth-order valence-corrected chi connectivity index (χ4v) is 0.920. The number of hydrogen-bond acceptors (Lipinski definition) is 4. The van der Waals surface area contributed by atoms with E-state index in [2.05, 4.69) is 0 Å². The summed E-state index contributed by atoms with van der Waals surface area (Å²) in [4.78, 5) is 11.1. The maximum absolute atomic E-state index is 11.1. The molecule has 0 spiro atoms. The molecule has 4 heteroatoms. The molecule has 0 amide bonds. The Morgan fingerprint density at radius 1 is 1.40 bits per heavy atom. The number of nitrogens with zero attached hydrogens (tertiary/aromatic N) is 1. The van der Waals surface area contributed by atoms with Gasteiger partial charge in [-0.15, -0.1) is 0 Å². The second kappa shape index (κ2) is 5.38. The maximum atomic E-state index is 11.1. The Labute approximate surface area is 86.9 Å². The van der Waals surface area contributed by atoms with Crippen LogP contribution in [0.1, 0.15) is 5.56 Å². The molecule has 74 valence electrons. The van der Waals surface area contributed by atoms with Crippen LogP contribution in [0.25, 0.3) is 0 Å². The van der Waals surface area contributed by atoms with Crippen LogP contribution in [-0.2, 0) is 16.1 Å². The highest BCUT2D eigenvalue weighted by Gasteiger charge is 2.09. The number of ether oxygens (including phenoxy) is 1. The first kappa shape index (κ1) is 10.7. The van der Waals surface area contributed by atoms with Crippen LogP contribution in [0.2, 0.25) is 0 Å². The lowest BCUT2D eigenvalue weighted by atomic mass is 10.2. The average molecular weight is 200 g/mol. The summed E-state index contributed by atoms with van der Waals surface area (Å²) in [6.07, 6.45) is 0. The van der Waals surface area contributed by atoms with Gasteiger partial charge in [-0.05, 0) is 5.56 Å². The maximum Gasteiger partial charge on any atom is 0.358 e. The zero-order chi connectivity index (χ0) is 11.1.